The van der Waals surface area contributed by atoms with E-state index in [0.717, 1.165) is 18.4 Å². The summed E-state index contributed by atoms with van der Waals surface area (Å²) in [4.78, 5) is 23.9. The first-order chi connectivity index (χ1) is 11.0. The molecule has 1 aromatic rings. The molecule has 2 amide bonds. The summed E-state index contributed by atoms with van der Waals surface area (Å²) >= 11 is 3.73. The van der Waals surface area contributed by atoms with E-state index in [1.807, 2.05) is 24.3 Å². The monoisotopic (exact) mass is 384 g/mol. The third-order valence-corrected chi connectivity index (χ3v) is 5.25. The summed E-state index contributed by atoms with van der Waals surface area (Å²) in [7, 11) is 0. The van der Waals surface area contributed by atoms with Gasteiger partial charge in [0.05, 0.1) is 6.61 Å². The molecular weight excluding hydrogens is 364 g/mol. The van der Waals surface area contributed by atoms with Gasteiger partial charge in [0.25, 0.3) is 0 Å². The highest BCUT2D eigenvalue weighted by molar-refractivity contribution is 9.09. The number of anilines is 1. The van der Waals surface area contributed by atoms with Crippen molar-refractivity contribution in [1.82, 2.24) is 4.90 Å². The maximum atomic E-state index is 11.4. The molecule has 126 valence electrons. The molecule has 1 aliphatic rings. The Morgan fingerprint density at radius 1 is 1.35 bits per heavy atom. The van der Waals surface area contributed by atoms with Gasteiger partial charge in [0.2, 0.25) is 0 Å². The van der Waals surface area contributed by atoms with Crippen LogP contribution in [0.5, 0.6) is 0 Å². The number of alkyl halides is 1. The van der Waals surface area contributed by atoms with Gasteiger partial charge in [0.15, 0.2) is 0 Å². The number of hydrogen-bond acceptors (Lipinski definition) is 3. The number of hydrogen-bond donors (Lipinski definition) is 2. The number of rotatable bonds is 4. The van der Waals surface area contributed by atoms with Crippen molar-refractivity contribution in [2.75, 3.05) is 25.0 Å². The molecule has 0 aromatic heterocycles. The van der Waals surface area contributed by atoms with Crippen LogP contribution in [0, 0.1) is 5.92 Å². The number of nitrogens with one attached hydrogen (secondary N) is 1. The topological polar surface area (TPSA) is 78.9 Å². The Bertz CT molecular complexity index is 542. The summed E-state index contributed by atoms with van der Waals surface area (Å²) in [6, 6.07) is 7.61. The third kappa shape index (κ3) is 4.86. The molecule has 0 saturated carbocycles. The molecule has 7 heteroatoms. The minimum Gasteiger partial charge on any atom is -0.465 e. The first-order valence-electron chi connectivity index (χ1n) is 7.67. The van der Waals surface area contributed by atoms with E-state index in [4.69, 9.17) is 9.84 Å². The first kappa shape index (κ1) is 17.6. The smallest absolute Gasteiger partial charge is 0.411 e. The lowest BCUT2D eigenvalue weighted by Crippen LogP contribution is -2.38. The number of likely N-dealkylation sites (tertiary alicyclic amines) is 1. The molecule has 1 fully saturated rings. The Kier molecular flexibility index (Phi) is 6.27. The predicted molar refractivity (Wildman–Crippen MR) is 91.1 cm³/mol. The van der Waals surface area contributed by atoms with Crippen LogP contribution < -0.4 is 5.32 Å². The van der Waals surface area contributed by atoms with E-state index in [-0.39, 0.29) is 4.83 Å². The molecule has 2 N–H and O–H groups in total. The van der Waals surface area contributed by atoms with Gasteiger partial charge in [0.1, 0.15) is 0 Å². The molecule has 1 heterocycles. The quantitative estimate of drug-likeness (QED) is 0.766. The number of carbonyl (C=O) groups is 2. The van der Waals surface area contributed by atoms with Crippen LogP contribution in [0.2, 0.25) is 0 Å². The molecule has 1 atom stereocenters. The van der Waals surface area contributed by atoms with Crippen LogP contribution in [0.3, 0.4) is 0 Å². The standard InChI is InChI=1S/C16H21BrN2O4/c1-2-23-15(20)18-13-5-3-11(4-6-13)14(17)12-7-9-19(10-8-12)16(21)22/h3-6,12,14H,2,7-10H2,1H3,(H,18,20)(H,21,22). The van der Waals surface area contributed by atoms with Gasteiger partial charge in [0, 0.05) is 23.6 Å². The van der Waals surface area contributed by atoms with Crippen molar-refractivity contribution >= 4 is 33.8 Å². The number of halogens is 1. The average molecular weight is 385 g/mol. The number of carbonyl (C=O) groups excluding carboxylic acids is 1. The lowest BCUT2D eigenvalue weighted by atomic mass is 9.90. The van der Waals surface area contributed by atoms with Crippen molar-refractivity contribution in [2.24, 2.45) is 5.92 Å². The molecular formula is C16H21BrN2O4. The zero-order valence-electron chi connectivity index (χ0n) is 13.0. The largest absolute Gasteiger partial charge is 0.465 e. The Morgan fingerprint density at radius 3 is 2.48 bits per heavy atom. The van der Waals surface area contributed by atoms with Gasteiger partial charge < -0.3 is 14.7 Å². The molecule has 0 radical (unpaired) electrons. The molecule has 2 rings (SSSR count). The van der Waals surface area contributed by atoms with Crippen molar-refractivity contribution in [3.63, 3.8) is 0 Å². The van der Waals surface area contributed by atoms with Gasteiger partial charge >= 0.3 is 12.2 Å². The number of benzene rings is 1. The second-order valence-corrected chi connectivity index (χ2v) is 6.46. The molecule has 0 aliphatic carbocycles. The number of carboxylic acid groups (broad SMARTS) is 1. The highest BCUT2D eigenvalue weighted by atomic mass is 79.9. The first-order valence-corrected chi connectivity index (χ1v) is 8.58. The summed E-state index contributed by atoms with van der Waals surface area (Å²) in [6.07, 6.45) is 0.372. The number of ether oxygens (including phenoxy) is 1. The Morgan fingerprint density at radius 2 is 1.96 bits per heavy atom. The van der Waals surface area contributed by atoms with Crippen molar-refractivity contribution in [3.8, 4) is 0 Å². The highest BCUT2D eigenvalue weighted by Crippen LogP contribution is 2.37. The molecule has 23 heavy (non-hydrogen) atoms. The lowest BCUT2D eigenvalue weighted by molar-refractivity contribution is 0.124. The van der Waals surface area contributed by atoms with E-state index in [9.17, 15) is 9.59 Å². The third-order valence-electron chi connectivity index (χ3n) is 3.97. The Hall–Kier alpha value is -1.76. The summed E-state index contributed by atoms with van der Waals surface area (Å²) < 4.78 is 4.84. The molecule has 1 unspecified atom stereocenters. The van der Waals surface area contributed by atoms with Gasteiger partial charge in [-0.15, -0.1) is 0 Å². The summed E-state index contributed by atoms with van der Waals surface area (Å²) in [5.74, 6) is 0.398. The van der Waals surface area contributed by atoms with Crippen LogP contribution in [0.4, 0.5) is 15.3 Å². The average Bonchev–Trinajstić information content (AvgIpc) is 2.55. The highest BCUT2D eigenvalue weighted by Gasteiger charge is 2.27. The van der Waals surface area contributed by atoms with Gasteiger partial charge in [-0.1, -0.05) is 28.1 Å². The fourth-order valence-corrected chi connectivity index (χ4v) is 3.52. The van der Waals surface area contributed by atoms with Crippen molar-refractivity contribution in [2.45, 2.75) is 24.6 Å². The zero-order chi connectivity index (χ0) is 16.8. The number of nitrogens with zero attached hydrogens (tertiary/aromatic N) is 1. The van der Waals surface area contributed by atoms with Gasteiger partial charge in [-0.25, -0.2) is 9.59 Å². The molecule has 1 aliphatic heterocycles. The summed E-state index contributed by atoms with van der Waals surface area (Å²) in [6.45, 7) is 3.24. The van der Waals surface area contributed by atoms with Gasteiger partial charge in [-0.05, 0) is 43.4 Å². The normalized spacial score (nSPS) is 16.7. The van der Waals surface area contributed by atoms with Crippen LogP contribution in [-0.4, -0.2) is 41.9 Å². The van der Waals surface area contributed by atoms with E-state index in [2.05, 4.69) is 21.2 Å². The molecule has 0 spiro atoms. The van der Waals surface area contributed by atoms with E-state index in [1.54, 1.807) is 6.92 Å². The minimum atomic E-state index is -0.844. The van der Waals surface area contributed by atoms with Crippen molar-refractivity contribution in [1.29, 1.82) is 0 Å². The van der Waals surface area contributed by atoms with E-state index >= 15 is 0 Å². The molecule has 6 nitrogen and oxygen atoms in total. The van der Waals surface area contributed by atoms with Crippen LogP contribution >= 0.6 is 15.9 Å². The second kappa shape index (κ2) is 8.19. The fraction of sp³-hybridized carbons (Fsp3) is 0.500. The van der Waals surface area contributed by atoms with Crippen LogP contribution in [-0.2, 0) is 4.74 Å². The van der Waals surface area contributed by atoms with Crippen LogP contribution in [0.25, 0.3) is 0 Å². The lowest BCUT2D eigenvalue weighted by Gasteiger charge is -2.32. The minimum absolute atomic E-state index is 0.176. The van der Waals surface area contributed by atoms with Crippen LogP contribution in [0.1, 0.15) is 30.2 Å². The van der Waals surface area contributed by atoms with E-state index in [1.165, 1.54) is 4.90 Å². The van der Waals surface area contributed by atoms with E-state index < -0.39 is 12.2 Å². The zero-order valence-corrected chi connectivity index (χ0v) is 14.6. The summed E-state index contributed by atoms with van der Waals surface area (Å²) in [5.41, 5.74) is 1.81. The van der Waals surface area contributed by atoms with Gasteiger partial charge in [-0.3, -0.25) is 5.32 Å². The van der Waals surface area contributed by atoms with Crippen molar-refractivity contribution < 1.29 is 19.4 Å². The Labute approximate surface area is 143 Å². The fourth-order valence-electron chi connectivity index (χ4n) is 2.69. The second-order valence-electron chi connectivity index (χ2n) is 5.48. The molecule has 1 saturated heterocycles. The summed E-state index contributed by atoms with van der Waals surface area (Å²) in [5, 5.41) is 11.6. The number of amides is 2. The van der Waals surface area contributed by atoms with Gasteiger partial charge in [-0.2, -0.15) is 0 Å². The maximum absolute atomic E-state index is 11.4. The molecule has 0 bridgehead atoms. The van der Waals surface area contributed by atoms with E-state index in [0.29, 0.717) is 31.3 Å². The number of piperidine rings is 1. The van der Waals surface area contributed by atoms with Crippen LogP contribution in [0.15, 0.2) is 24.3 Å². The van der Waals surface area contributed by atoms with Crippen molar-refractivity contribution in [3.05, 3.63) is 29.8 Å². The predicted octanol–water partition coefficient (Wildman–Crippen LogP) is 4.08. The maximum Gasteiger partial charge on any atom is 0.411 e. The molecule has 1 aromatic carbocycles. The Balaban J connectivity index is 1.91. The SMILES string of the molecule is CCOC(=O)Nc1ccc(C(Br)C2CCN(C(=O)O)CC2)cc1.